The van der Waals surface area contributed by atoms with Gasteiger partial charge in [0.15, 0.2) is 5.69 Å². The van der Waals surface area contributed by atoms with Gasteiger partial charge in [0.05, 0.1) is 32.8 Å². The van der Waals surface area contributed by atoms with Crippen molar-refractivity contribution in [3.63, 3.8) is 0 Å². The van der Waals surface area contributed by atoms with Crippen LogP contribution in [0.25, 0.3) is 5.69 Å². The molecule has 0 bridgehead atoms. The highest BCUT2D eigenvalue weighted by molar-refractivity contribution is 7.86. The highest BCUT2D eigenvalue weighted by atomic mass is 32.2. The molecule has 174 valence electrons. The number of benzene rings is 2. The number of carboxylic acids is 1. The summed E-state index contributed by atoms with van der Waals surface area (Å²) in [5.41, 5.74) is -1.50. The molecule has 0 amide bonds. The molecule has 0 saturated heterocycles. The van der Waals surface area contributed by atoms with Gasteiger partial charge >= 0.3 is 0 Å². The molecule has 2 aromatic carbocycles. The van der Waals surface area contributed by atoms with Crippen LogP contribution in [0.5, 0.6) is 0 Å². The predicted octanol–water partition coefficient (Wildman–Crippen LogP) is 0.370. The van der Waals surface area contributed by atoms with E-state index in [1.807, 2.05) is 0 Å². The van der Waals surface area contributed by atoms with Crippen LogP contribution in [0.1, 0.15) is 21.6 Å². The lowest BCUT2D eigenvalue weighted by atomic mass is 10.2. The molecule has 0 aliphatic rings. The number of carboxylic acid groups (broad SMARTS) is 1. The fourth-order valence-electron chi connectivity index (χ4n) is 2.89. The maximum Gasteiger partial charge on any atom is 0.299 e. The highest BCUT2D eigenvalue weighted by Crippen LogP contribution is 2.26. The van der Waals surface area contributed by atoms with E-state index < -0.39 is 52.8 Å². The first kappa shape index (κ1) is 24.0. The number of carbonyl (C=O) groups excluding carboxylic acids is 1. The summed E-state index contributed by atoms with van der Waals surface area (Å²) in [4.78, 5) is 22.8. The quantitative estimate of drug-likeness (QED) is 0.370. The third-order valence-corrected chi connectivity index (χ3v) is 6.14. The zero-order chi connectivity index (χ0) is 24.7. The van der Waals surface area contributed by atoms with E-state index in [4.69, 9.17) is 0 Å². The molecule has 0 spiro atoms. The Labute approximate surface area is 186 Å². The van der Waals surface area contributed by atoms with Gasteiger partial charge in [-0.05, 0) is 55.8 Å². The summed E-state index contributed by atoms with van der Waals surface area (Å²) in [6.45, 7) is 2.91. The van der Waals surface area contributed by atoms with E-state index in [9.17, 15) is 40.6 Å². The number of H-pyrrole nitrogens is 1. The van der Waals surface area contributed by atoms with Crippen molar-refractivity contribution in [3.05, 3.63) is 63.6 Å². The van der Waals surface area contributed by atoms with Crippen LogP contribution in [0.4, 0.5) is 11.4 Å². The first-order chi connectivity index (χ1) is 15.2. The molecule has 0 aliphatic heterocycles. The number of nitrogens with one attached hydrogen (secondary N) is 1. The van der Waals surface area contributed by atoms with Crippen LogP contribution in [-0.2, 0) is 20.2 Å². The molecule has 0 radical (unpaired) electrons. The first-order valence-corrected chi connectivity index (χ1v) is 11.6. The van der Waals surface area contributed by atoms with Gasteiger partial charge in [-0.1, -0.05) is 0 Å². The lowest BCUT2D eigenvalue weighted by Crippen LogP contribution is -2.22. The van der Waals surface area contributed by atoms with Crippen LogP contribution >= 0.6 is 0 Å². The SMILES string of the molecule is Cc1cc(S(=O)(=O)[O-])ccc1-n1[nH]c(C)c(N=Nc2cc(S(=O)(=O)[O-])ccc2C(=O)[O-])c1=O. The molecule has 0 atom stereocenters. The predicted molar refractivity (Wildman–Crippen MR) is 107 cm³/mol. The molecule has 0 fully saturated rings. The molecule has 0 unspecified atom stereocenters. The number of aryl methyl sites for hydroxylation is 2. The Balaban J connectivity index is 2.10. The van der Waals surface area contributed by atoms with Crippen molar-refractivity contribution < 1.29 is 35.8 Å². The molecular weight excluding hydrogens is 480 g/mol. The van der Waals surface area contributed by atoms with E-state index in [1.54, 1.807) is 0 Å². The van der Waals surface area contributed by atoms with Crippen molar-refractivity contribution in [1.29, 1.82) is 0 Å². The average molecular weight is 493 g/mol. The van der Waals surface area contributed by atoms with Gasteiger partial charge in [0, 0.05) is 5.56 Å². The van der Waals surface area contributed by atoms with Crippen LogP contribution in [0.15, 0.2) is 61.2 Å². The molecule has 0 aliphatic carbocycles. The Morgan fingerprint density at radius 2 is 1.52 bits per heavy atom. The molecule has 1 N–H and O–H groups in total. The van der Waals surface area contributed by atoms with Crippen LogP contribution < -0.4 is 10.7 Å². The lowest BCUT2D eigenvalue weighted by molar-refractivity contribution is -0.254. The summed E-state index contributed by atoms with van der Waals surface area (Å²) in [5.74, 6) is -1.72. The number of aromatic carboxylic acids is 1. The van der Waals surface area contributed by atoms with Gasteiger partial charge in [0.2, 0.25) is 0 Å². The van der Waals surface area contributed by atoms with Gasteiger partial charge in [0.25, 0.3) is 5.56 Å². The summed E-state index contributed by atoms with van der Waals surface area (Å²) < 4.78 is 68.2. The number of aromatic nitrogens is 2. The smallest absolute Gasteiger partial charge is 0.299 e. The number of aromatic amines is 1. The van der Waals surface area contributed by atoms with Gasteiger partial charge in [-0.3, -0.25) is 9.89 Å². The minimum absolute atomic E-state index is 0.172. The van der Waals surface area contributed by atoms with Crippen molar-refractivity contribution in [1.82, 2.24) is 9.78 Å². The number of carbonyl (C=O) groups is 1. The zero-order valence-electron chi connectivity index (χ0n) is 16.8. The molecule has 1 aromatic heterocycles. The van der Waals surface area contributed by atoms with Crippen molar-refractivity contribution in [2.45, 2.75) is 23.6 Å². The minimum Gasteiger partial charge on any atom is -0.744 e. The van der Waals surface area contributed by atoms with Gasteiger partial charge < -0.3 is 19.0 Å². The zero-order valence-corrected chi connectivity index (χ0v) is 18.4. The molecular formula is C18H13N4O9S2-3. The monoisotopic (exact) mass is 493 g/mol. The van der Waals surface area contributed by atoms with Crippen LogP contribution in [0.2, 0.25) is 0 Å². The maximum absolute atomic E-state index is 12.8. The Morgan fingerprint density at radius 3 is 2.06 bits per heavy atom. The lowest BCUT2D eigenvalue weighted by Gasteiger charge is -2.11. The second-order valence-electron chi connectivity index (χ2n) is 6.75. The first-order valence-electron chi connectivity index (χ1n) is 8.81. The molecule has 13 nitrogen and oxygen atoms in total. The maximum atomic E-state index is 12.8. The molecule has 1 heterocycles. The summed E-state index contributed by atoms with van der Waals surface area (Å²) in [7, 11) is -9.62. The molecule has 15 heteroatoms. The Kier molecular flexibility index (Phi) is 6.08. The van der Waals surface area contributed by atoms with Gasteiger partial charge in [-0.2, -0.15) is 0 Å². The number of hydrogen-bond donors (Lipinski definition) is 1. The van der Waals surface area contributed by atoms with Crippen molar-refractivity contribution >= 4 is 37.6 Å². The Morgan fingerprint density at radius 1 is 0.939 bits per heavy atom. The Hall–Kier alpha value is -3.66. The third-order valence-electron chi connectivity index (χ3n) is 4.47. The number of azo groups is 1. The molecule has 0 saturated carbocycles. The van der Waals surface area contributed by atoms with Crippen molar-refractivity contribution in [3.8, 4) is 5.69 Å². The standard InChI is InChI=1S/C18H16N4O9S2/c1-9-7-11(32(26,27)28)4-6-15(9)22-17(23)16(10(2)21-22)20-19-14-8-12(33(29,30)31)3-5-13(14)18(24)25/h3-8,21H,1-2H3,(H,24,25)(H,26,27,28)(H,29,30,31)/p-3. The van der Waals surface area contributed by atoms with E-state index >= 15 is 0 Å². The molecule has 3 aromatic rings. The minimum atomic E-state index is -4.92. The Bertz CT molecular complexity index is 1580. The van der Waals surface area contributed by atoms with E-state index in [0.29, 0.717) is 6.07 Å². The van der Waals surface area contributed by atoms with Crippen molar-refractivity contribution in [2.75, 3.05) is 0 Å². The van der Waals surface area contributed by atoms with Gasteiger partial charge in [-0.25, -0.2) is 21.5 Å². The van der Waals surface area contributed by atoms with Crippen LogP contribution in [-0.4, -0.2) is 41.7 Å². The fraction of sp³-hybridized carbons (Fsp3) is 0.111. The summed E-state index contributed by atoms with van der Waals surface area (Å²) in [6.07, 6.45) is 0. The number of rotatable bonds is 6. The number of hydrogen-bond acceptors (Lipinski definition) is 11. The molecule has 33 heavy (non-hydrogen) atoms. The number of nitrogens with zero attached hydrogens (tertiary/aromatic N) is 3. The fourth-order valence-corrected chi connectivity index (χ4v) is 3.93. The summed E-state index contributed by atoms with van der Waals surface area (Å²) in [6, 6.07) is 5.61. The highest BCUT2D eigenvalue weighted by Gasteiger charge is 2.16. The normalized spacial score (nSPS) is 12.4. The van der Waals surface area contributed by atoms with E-state index in [-0.39, 0.29) is 22.6 Å². The van der Waals surface area contributed by atoms with Gasteiger partial charge in [-0.15, -0.1) is 10.2 Å². The van der Waals surface area contributed by atoms with E-state index in [0.717, 1.165) is 28.9 Å². The topological polar surface area (TPSA) is 217 Å². The molecule has 3 rings (SSSR count). The summed E-state index contributed by atoms with van der Waals surface area (Å²) >= 11 is 0. The summed E-state index contributed by atoms with van der Waals surface area (Å²) in [5, 5.41) is 21.3. The van der Waals surface area contributed by atoms with Crippen molar-refractivity contribution in [2.24, 2.45) is 10.2 Å². The average Bonchev–Trinajstić information content (AvgIpc) is 2.98. The van der Waals surface area contributed by atoms with E-state index in [2.05, 4.69) is 15.3 Å². The van der Waals surface area contributed by atoms with Gasteiger partial charge in [0.1, 0.15) is 20.2 Å². The van der Waals surface area contributed by atoms with Crippen LogP contribution in [0, 0.1) is 13.8 Å². The van der Waals surface area contributed by atoms with E-state index in [1.165, 1.54) is 19.9 Å². The second-order valence-corrected chi connectivity index (χ2v) is 9.51. The third kappa shape index (κ3) is 4.90. The van der Waals surface area contributed by atoms with Crippen LogP contribution in [0.3, 0.4) is 0 Å². The largest absolute Gasteiger partial charge is 0.744 e. The second kappa shape index (κ2) is 8.36.